The van der Waals surface area contributed by atoms with Crippen LogP contribution in [0.4, 0.5) is 0 Å². The summed E-state index contributed by atoms with van der Waals surface area (Å²) < 4.78 is 8.79. The number of thioether (sulfide) groups is 1. The fraction of sp³-hybridized carbons (Fsp3) is 0.158. The minimum Gasteiger partial charge on any atom is -0.495 e. The molecule has 0 radical (unpaired) electrons. The fourth-order valence-electron chi connectivity index (χ4n) is 3.06. The van der Waals surface area contributed by atoms with Gasteiger partial charge in [-0.1, -0.05) is 30.0 Å². The Labute approximate surface area is 158 Å². The Morgan fingerprint density at radius 3 is 2.81 bits per heavy atom. The molecule has 0 aliphatic carbocycles. The molecule has 2 heterocycles. The first-order valence-electron chi connectivity index (χ1n) is 8.19. The number of fused-ring (bicyclic) bond motifs is 3. The number of aromatic nitrogens is 4. The molecule has 0 saturated carbocycles. The van der Waals surface area contributed by atoms with Gasteiger partial charge in [0, 0.05) is 0 Å². The van der Waals surface area contributed by atoms with Crippen molar-refractivity contribution in [2.75, 3.05) is 12.9 Å². The van der Waals surface area contributed by atoms with Gasteiger partial charge >= 0.3 is 0 Å². The van der Waals surface area contributed by atoms with Gasteiger partial charge in [0.1, 0.15) is 5.75 Å². The summed E-state index contributed by atoms with van der Waals surface area (Å²) in [5, 5.41) is 18.5. The summed E-state index contributed by atoms with van der Waals surface area (Å²) in [6, 6.07) is 15.0. The van der Waals surface area contributed by atoms with Gasteiger partial charge in [0.2, 0.25) is 5.78 Å². The van der Waals surface area contributed by atoms with Crippen molar-refractivity contribution in [3.63, 3.8) is 0 Å². The number of aryl methyl sites for hydroxylation is 1. The summed E-state index contributed by atoms with van der Waals surface area (Å²) in [4.78, 5) is 13.3. The molecule has 0 aliphatic rings. The van der Waals surface area contributed by atoms with Crippen LogP contribution in [0, 0.1) is 18.3 Å². The Morgan fingerprint density at radius 2 is 2.04 bits per heavy atom. The van der Waals surface area contributed by atoms with Crippen LogP contribution in [0.3, 0.4) is 0 Å². The highest BCUT2D eigenvalue weighted by atomic mass is 32.2. The van der Waals surface area contributed by atoms with Crippen molar-refractivity contribution in [1.82, 2.24) is 19.2 Å². The topological polar surface area (TPSA) is 85.2 Å². The van der Waals surface area contributed by atoms with Gasteiger partial charge in [0.25, 0.3) is 5.56 Å². The number of nitriles is 1. The highest BCUT2D eigenvalue weighted by Gasteiger charge is 2.19. The summed E-state index contributed by atoms with van der Waals surface area (Å²) >= 11 is 1.28. The minimum absolute atomic E-state index is 0.203. The SMILES string of the molecule is COc1ccc(C)cc1-n1c(=O)c2ccccc2n2c(SCC#N)nnc12. The lowest BCUT2D eigenvalue weighted by Crippen LogP contribution is -2.22. The van der Waals surface area contributed by atoms with Gasteiger partial charge in [-0.3, -0.25) is 9.20 Å². The molecular weight excluding hydrogens is 362 g/mol. The molecule has 0 unspecified atom stereocenters. The Hall–Kier alpha value is -3.31. The molecule has 0 saturated heterocycles. The molecule has 2 aromatic heterocycles. The smallest absolute Gasteiger partial charge is 0.267 e. The molecule has 0 atom stereocenters. The third-order valence-corrected chi connectivity index (χ3v) is 5.03. The molecular formula is C19H15N5O2S. The third kappa shape index (κ3) is 2.73. The second kappa shape index (κ2) is 6.78. The monoisotopic (exact) mass is 377 g/mol. The predicted octanol–water partition coefficient (Wildman–Crippen LogP) is 2.97. The zero-order chi connectivity index (χ0) is 19.0. The van der Waals surface area contributed by atoms with E-state index < -0.39 is 0 Å². The van der Waals surface area contributed by atoms with E-state index in [9.17, 15) is 4.79 Å². The molecule has 0 bridgehead atoms. The van der Waals surface area contributed by atoms with Crippen molar-refractivity contribution in [3.8, 4) is 17.5 Å². The standard InChI is InChI=1S/C19H15N5O2S/c1-12-7-8-16(26-2)15(11-12)23-17(25)13-5-3-4-6-14(13)24-18(23)21-22-19(24)27-10-9-20/h3-8,11H,10H2,1-2H3. The molecule has 0 N–H and O–H groups in total. The van der Waals surface area contributed by atoms with Crippen molar-refractivity contribution in [1.29, 1.82) is 5.26 Å². The maximum atomic E-state index is 13.3. The Morgan fingerprint density at radius 1 is 1.22 bits per heavy atom. The molecule has 2 aromatic carbocycles. The van der Waals surface area contributed by atoms with Gasteiger partial charge in [0.05, 0.1) is 35.5 Å². The highest BCUT2D eigenvalue weighted by molar-refractivity contribution is 7.99. The average Bonchev–Trinajstić information content (AvgIpc) is 3.10. The van der Waals surface area contributed by atoms with E-state index in [1.165, 1.54) is 16.3 Å². The summed E-state index contributed by atoms with van der Waals surface area (Å²) in [6.07, 6.45) is 0. The number of para-hydroxylation sites is 1. The first-order valence-corrected chi connectivity index (χ1v) is 9.18. The normalized spacial score (nSPS) is 11.0. The molecule has 0 aliphatic heterocycles. The number of nitrogens with zero attached hydrogens (tertiary/aromatic N) is 5. The first-order chi connectivity index (χ1) is 13.2. The van der Waals surface area contributed by atoms with Crippen LogP contribution in [0.25, 0.3) is 22.4 Å². The number of benzene rings is 2. The van der Waals surface area contributed by atoms with Crippen LogP contribution in [0.2, 0.25) is 0 Å². The largest absolute Gasteiger partial charge is 0.495 e. The Bertz CT molecular complexity index is 1270. The van der Waals surface area contributed by atoms with Crippen molar-refractivity contribution >= 4 is 28.4 Å². The molecule has 4 rings (SSSR count). The third-order valence-electron chi connectivity index (χ3n) is 4.24. The van der Waals surface area contributed by atoms with E-state index in [0.29, 0.717) is 33.3 Å². The van der Waals surface area contributed by atoms with Gasteiger partial charge < -0.3 is 4.74 Å². The molecule has 0 spiro atoms. The summed E-state index contributed by atoms with van der Waals surface area (Å²) in [5.74, 6) is 1.18. The lowest BCUT2D eigenvalue weighted by molar-refractivity contribution is 0.412. The average molecular weight is 377 g/mol. The number of rotatable bonds is 4. The second-order valence-corrected chi connectivity index (χ2v) is 6.84. The van der Waals surface area contributed by atoms with Crippen LogP contribution in [-0.2, 0) is 0 Å². The van der Waals surface area contributed by atoms with Crippen LogP contribution in [0.15, 0.2) is 52.4 Å². The number of hydrogen-bond donors (Lipinski definition) is 0. The summed E-state index contributed by atoms with van der Waals surface area (Å²) in [7, 11) is 1.56. The van der Waals surface area contributed by atoms with Crippen LogP contribution in [-0.4, -0.2) is 32.0 Å². The first kappa shape index (κ1) is 17.1. The zero-order valence-corrected chi connectivity index (χ0v) is 15.5. The van der Waals surface area contributed by atoms with Crippen molar-refractivity contribution in [2.45, 2.75) is 12.1 Å². The van der Waals surface area contributed by atoms with Crippen LogP contribution in [0.1, 0.15) is 5.56 Å². The second-order valence-electron chi connectivity index (χ2n) is 5.90. The molecule has 4 aromatic rings. The molecule has 0 amide bonds. The lowest BCUT2D eigenvalue weighted by atomic mass is 10.2. The van der Waals surface area contributed by atoms with E-state index in [1.54, 1.807) is 17.6 Å². The molecule has 134 valence electrons. The van der Waals surface area contributed by atoms with Crippen LogP contribution < -0.4 is 10.3 Å². The zero-order valence-electron chi connectivity index (χ0n) is 14.7. The van der Waals surface area contributed by atoms with Crippen molar-refractivity contribution in [2.24, 2.45) is 0 Å². The van der Waals surface area contributed by atoms with Gasteiger partial charge in [0.15, 0.2) is 5.16 Å². The predicted molar refractivity (Wildman–Crippen MR) is 104 cm³/mol. The minimum atomic E-state index is -0.203. The van der Waals surface area contributed by atoms with E-state index >= 15 is 0 Å². The van der Waals surface area contributed by atoms with Crippen LogP contribution >= 0.6 is 11.8 Å². The Balaban J connectivity index is 2.17. The number of methoxy groups -OCH3 is 1. The van der Waals surface area contributed by atoms with E-state index in [2.05, 4.69) is 16.3 Å². The summed E-state index contributed by atoms with van der Waals surface area (Å²) in [6.45, 7) is 1.95. The van der Waals surface area contributed by atoms with E-state index in [1.807, 2.05) is 43.3 Å². The fourth-order valence-corrected chi connectivity index (χ4v) is 3.66. The van der Waals surface area contributed by atoms with E-state index in [4.69, 9.17) is 10.00 Å². The molecule has 0 fully saturated rings. The van der Waals surface area contributed by atoms with Crippen molar-refractivity contribution in [3.05, 3.63) is 58.4 Å². The van der Waals surface area contributed by atoms with Gasteiger partial charge in [-0.05, 0) is 36.8 Å². The molecule has 27 heavy (non-hydrogen) atoms. The molecule has 7 nitrogen and oxygen atoms in total. The maximum absolute atomic E-state index is 13.3. The lowest BCUT2D eigenvalue weighted by Gasteiger charge is -2.14. The molecule has 8 heteroatoms. The van der Waals surface area contributed by atoms with Crippen molar-refractivity contribution < 1.29 is 4.74 Å². The Kier molecular flexibility index (Phi) is 4.30. The number of hydrogen-bond acceptors (Lipinski definition) is 6. The van der Waals surface area contributed by atoms with Gasteiger partial charge in [-0.25, -0.2) is 4.57 Å². The summed E-state index contributed by atoms with van der Waals surface area (Å²) in [5.41, 5.74) is 2.09. The highest BCUT2D eigenvalue weighted by Crippen LogP contribution is 2.27. The van der Waals surface area contributed by atoms with E-state index in [0.717, 1.165) is 5.56 Å². The quantitative estimate of drug-likeness (QED) is 0.508. The maximum Gasteiger partial charge on any atom is 0.267 e. The number of ether oxygens (including phenoxy) is 1. The van der Waals surface area contributed by atoms with E-state index in [-0.39, 0.29) is 11.3 Å². The van der Waals surface area contributed by atoms with Crippen LogP contribution in [0.5, 0.6) is 5.75 Å². The van der Waals surface area contributed by atoms with Gasteiger partial charge in [-0.2, -0.15) is 5.26 Å². The van der Waals surface area contributed by atoms with Gasteiger partial charge in [-0.15, -0.1) is 10.2 Å².